The van der Waals surface area contributed by atoms with Gasteiger partial charge in [-0.25, -0.2) is 0 Å². The smallest absolute Gasteiger partial charge is 0.181 e. The second-order valence-electron chi connectivity index (χ2n) is 7.13. The molecule has 0 amide bonds. The van der Waals surface area contributed by atoms with Crippen molar-refractivity contribution < 1.29 is 0 Å². The number of hydrogen-bond acceptors (Lipinski definition) is 4. The molecular formula is C21H25N5. The molecule has 5 heteroatoms. The van der Waals surface area contributed by atoms with E-state index in [-0.39, 0.29) is 5.54 Å². The second kappa shape index (κ2) is 6.90. The average molecular weight is 347 g/mol. The zero-order chi connectivity index (χ0) is 18.0. The van der Waals surface area contributed by atoms with Gasteiger partial charge in [-0.2, -0.15) is 4.68 Å². The molecular weight excluding hydrogens is 322 g/mol. The standard InChI is InChI=1S/C21H25N5/c1-3-17-11-9-10-16(2)19(17)26-20(23-24-25-26)21(14-7-8-15-21)22-18-12-5-4-6-13-18/h4-6,9-13,22H,3,7-8,14-15H2,1-2H3. The van der Waals surface area contributed by atoms with Gasteiger partial charge >= 0.3 is 0 Å². The van der Waals surface area contributed by atoms with Crippen molar-refractivity contribution in [3.05, 3.63) is 65.5 Å². The molecule has 5 nitrogen and oxygen atoms in total. The number of nitrogens with one attached hydrogen (secondary N) is 1. The molecule has 1 aliphatic rings. The van der Waals surface area contributed by atoms with Crippen molar-refractivity contribution in [3.8, 4) is 5.69 Å². The maximum atomic E-state index is 4.50. The first-order valence-electron chi connectivity index (χ1n) is 9.44. The van der Waals surface area contributed by atoms with Crippen LogP contribution in [0.1, 0.15) is 49.6 Å². The van der Waals surface area contributed by atoms with E-state index in [4.69, 9.17) is 0 Å². The van der Waals surface area contributed by atoms with Crippen molar-refractivity contribution in [2.24, 2.45) is 0 Å². The normalized spacial score (nSPS) is 15.9. The van der Waals surface area contributed by atoms with Crippen molar-refractivity contribution >= 4 is 5.69 Å². The maximum Gasteiger partial charge on any atom is 0.181 e. The van der Waals surface area contributed by atoms with Gasteiger partial charge in [-0.15, -0.1) is 5.10 Å². The van der Waals surface area contributed by atoms with Gasteiger partial charge in [-0.1, -0.05) is 56.2 Å². The van der Waals surface area contributed by atoms with E-state index in [9.17, 15) is 0 Å². The van der Waals surface area contributed by atoms with Crippen LogP contribution in [0.5, 0.6) is 0 Å². The molecule has 1 N–H and O–H groups in total. The Morgan fingerprint density at radius 2 is 1.81 bits per heavy atom. The highest BCUT2D eigenvalue weighted by molar-refractivity contribution is 5.50. The zero-order valence-electron chi connectivity index (χ0n) is 15.4. The molecule has 2 aromatic carbocycles. The van der Waals surface area contributed by atoms with Crippen LogP contribution in [0.4, 0.5) is 5.69 Å². The van der Waals surface area contributed by atoms with E-state index in [1.54, 1.807) is 0 Å². The highest BCUT2D eigenvalue weighted by Gasteiger charge is 2.41. The van der Waals surface area contributed by atoms with Gasteiger partial charge in [-0.3, -0.25) is 0 Å². The summed E-state index contributed by atoms with van der Waals surface area (Å²) in [5.74, 6) is 0.919. The average Bonchev–Trinajstić information content (AvgIpc) is 3.32. The Morgan fingerprint density at radius 1 is 1.04 bits per heavy atom. The summed E-state index contributed by atoms with van der Waals surface area (Å²) in [5.41, 5.74) is 4.48. The molecule has 1 aliphatic carbocycles. The first kappa shape index (κ1) is 16.8. The fraction of sp³-hybridized carbons (Fsp3) is 0.381. The van der Waals surface area contributed by atoms with Gasteiger partial charge in [0.2, 0.25) is 0 Å². The van der Waals surface area contributed by atoms with Gasteiger partial charge in [0, 0.05) is 5.69 Å². The molecule has 3 aromatic rings. The third-order valence-electron chi connectivity index (χ3n) is 5.43. The van der Waals surface area contributed by atoms with Gasteiger partial charge in [0.1, 0.15) is 0 Å². The zero-order valence-corrected chi connectivity index (χ0v) is 15.4. The fourth-order valence-electron chi connectivity index (χ4n) is 4.13. The molecule has 0 saturated heterocycles. The lowest BCUT2D eigenvalue weighted by atomic mass is 9.95. The van der Waals surface area contributed by atoms with E-state index in [2.05, 4.69) is 77.2 Å². The monoisotopic (exact) mass is 347 g/mol. The minimum absolute atomic E-state index is 0.224. The van der Waals surface area contributed by atoms with Gasteiger partial charge in [-0.05, 0) is 59.9 Å². The topological polar surface area (TPSA) is 55.6 Å². The summed E-state index contributed by atoms with van der Waals surface area (Å²) in [6, 6.07) is 16.8. The third-order valence-corrected chi connectivity index (χ3v) is 5.43. The van der Waals surface area contributed by atoms with Gasteiger partial charge in [0.05, 0.1) is 11.2 Å². The Balaban J connectivity index is 1.82. The summed E-state index contributed by atoms with van der Waals surface area (Å²) >= 11 is 0. The second-order valence-corrected chi connectivity index (χ2v) is 7.13. The summed E-state index contributed by atoms with van der Waals surface area (Å²) in [4.78, 5) is 0. The Bertz CT molecular complexity index is 878. The van der Waals surface area contributed by atoms with Crippen molar-refractivity contribution in [2.45, 2.75) is 51.5 Å². The minimum atomic E-state index is -0.224. The molecule has 0 unspecified atom stereocenters. The molecule has 0 spiro atoms. The first-order valence-corrected chi connectivity index (χ1v) is 9.44. The van der Waals surface area contributed by atoms with Crippen LogP contribution < -0.4 is 5.32 Å². The summed E-state index contributed by atoms with van der Waals surface area (Å²) in [6.07, 6.45) is 5.39. The molecule has 0 bridgehead atoms. The van der Waals surface area contributed by atoms with Crippen molar-refractivity contribution in [1.82, 2.24) is 20.2 Å². The number of nitrogens with zero attached hydrogens (tertiary/aromatic N) is 4. The third kappa shape index (κ3) is 2.87. The van der Waals surface area contributed by atoms with Crippen LogP contribution in [-0.4, -0.2) is 20.2 Å². The quantitative estimate of drug-likeness (QED) is 0.742. The number of hydrogen-bond donors (Lipinski definition) is 1. The molecule has 26 heavy (non-hydrogen) atoms. The number of rotatable bonds is 5. The maximum absolute atomic E-state index is 4.50. The van der Waals surface area contributed by atoms with Gasteiger partial charge in [0.25, 0.3) is 0 Å². The number of benzene rings is 2. The highest BCUT2D eigenvalue weighted by atomic mass is 15.6. The largest absolute Gasteiger partial charge is 0.373 e. The number of aromatic nitrogens is 4. The summed E-state index contributed by atoms with van der Waals surface area (Å²) in [6.45, 7) is 4.31. The van der Waals surface area contributed by atoms with E-state index in [0.29, 0.717) is 0 Å². The highest BCUT2D eigenvalue weighted by Crippen LogP contribution is 2.41. The Morgan fingerprint density at radius 3 is 2.54 bits per heavy atom. The van der Waals surface area contributed by atoms with Crippen LogP contribution in [-0.2, 0) is 12.0 Å². The molecule has 4 rings (SSSR count). The van der Waals surface area contributed by atoms with Crippen molar-refractivity contribution in [3.63, 3.8) is 0 Å². The van der Waals surface area contributed by atoms with Crippen molar-refractivity contribution in [2.75, 3.05) is 5.32 Å². The Kier molecular flexibility index (Phi) is 4.45. The number of para-hydroxylation sites is 2. The predicted molar refractivity (Wildman–Crippen MR) is 103 cm³/mol. The predicted octanol–water partition coefficient (Wildman–Crippen LogP) is 4.41. The van der Waals surface area contributed by atoms with Crippen LogP contribution >= 0.6 is 0 Å². The van der Waals surface area contributed by atoms with Crippen LogP contribution in [0.15, 0.2) is 48.5 Å². The van der Waals surface area contributed by atoms with E-state index < -0.39 is 0 Å². The molecule has 0 atom stereocenters. The molecule has 1 heterocycles. The van der Waals surface area contributed by atoms with Crippen LogP contribution in [0, 0.1) is 6.92 Å². The molecule has 1 saturated carbocycles. The minimum Gasteiger partial charge on any atom is -0.373 e. The lowest BCUT2D eigenvalue weighted by Gasteiger charge is -2.30. The lowest BCUT2D eigenvalue weighted by Crippen LogP contribution is -2.35. The first-order chi connectivity index (χ1) is 12.7. The number of anilines is 1. The van der Waals surface area contributed by atoms with E-state index in [0.717, 1.165) is 36.5 Å². The van der Waals surface area contributed by atoms with E-state index >= 15 is 0 Å². The molecule has 1 aromatic heterocycles. The Hall–Kier alpha value is -2.69. The van der Waals surface area contributed by atoms with Crippen LogP contribution in [0.3, 0.4) is 0 Å². The van der Waals surface area contributed by atoms with E-state index in [1.165, 1.54) is 24.0 Å². The summed E-state index contributed by atoms with van der Waals surface area (Å²) in [5, 5.41) is 16.7. The molecule has 0 aliphatic heterocycles. The van der Waals surface area contributed by atoms with Gasteiger partial charge < -0.3 is 5.32 Å². The fourth-order valence-corrected chi connectivity index (χ4v) is 4.13. The molecule has 0 radical (unpaired) electrons. The van der Waals surface area contributed by atoms with Crippen molar-refractivity contribution in [1.29, 1.82) is 0 Å². The molecule has 134 valence electrons. The lowest BCUT2D eigenvalue weighted by molar-refractivity contribution is 0.460. The Labute approximate surface area is 154 Å². The van der Waals surface area contributed by atoms with Crippen LogP contribution in [0.2, 0.25) is 0 Å². The number of tetrazole rings is 1. The van der Waals surface area contributed by atoms with Gasteiger partial charge in [0.15, 0.2) is 5.82 Å². The van der Waals surface area contributed by atoms with E-state index in [1.807, 2.05) is 10.7 Å². The van der Waals surface area contributed by atoms with Crippen LogP contribution in [0.25, 0.3) is 5.69 Å². The molecule has 1 fully saturated rings. The SMILES string of the molecule is CCc1cccc(C)c1-n1nnnc1C1(Nc2ccccc2)CCCC1. The summed E-state index contributed by atoms with van der Waals surface area (Å²) in [7, 11) is 0. The number of aryl methyl sites for hydroxylation is 2. The summed E-state index contributed by atoms with van der Waals surface area (Å²) < 4.78 is 1.97.